The molecule has 0 spiro atoms. The molecule has 11 heavy (non-hydrogen) atoms. The van der Waals surface area contributed by atoms with Gasteiger partial charge in [0, 0.05) is 5.69 Å². The maximum absolute atomic E-state index is 10.7. The van der Waals surface area contributed by atoms with E-state index in [1.165, 1.54) is 0 Å². The van der Waals surface area contributed by atoms with Gasteiger partial charge in [-0.15, -0.1) is 0 Å². The second-order valence-electron chi connectivity index (χ2n) is 2.34. The molecule has 4 heteroatoms. The summed E-state index contributed by atoms with van der Waals surface area (Å²) in [4.78, 5) is 13.5. The van der Waals surface area contributed by atoms with E-state index in [0.717, 1.165) is 12.1 Å². The molecule has 0 aromatic carbocycles. The number of aromatic amines is 1. The number of aryl methyl sites for hydroxylation is 1. The highest BCUT2D eigenvalue weighted by Crippen LogP contribution is 2.11. The van der Waals surface area contributed by atoms with Crippen LogP contribution in [0.3, 0.4) is 0 Å². The molecule has 0 fully saturated rings. The molecule has 1 rings (SSSR count). The standard InChI is InChI=1S/C7H11N3O/c1-2-4-3-5(7(9)11)6(8)10-4/h3,10H,2,8H2,1H3,(H2,9,11). The van der Waals surface area contributed by atoms with Crippen molar-refractivity contribution in [3.63, 3.8) is 0 Å². The molecule has 0 aliphatic heterocycles. The number of nitrogens with one attached hydrogen (secondary N) is 1. The quantitative estimate of drug-likeness (QED) is 0.569. The molecule has 0 bridgehead atoms. The average molecular weight is 153 g/mol. The number of carbonyl (C=O) groups is 1. The summed E-state index contributed by atoms with van der Waals surface area (Å²) in [7, 11) is 0. The Bertz CT molecular complexity index is 277. The van der Waals surface area contributed by atoms with Crippen molar-refractivity contribution in [1.82, 2.24) is 4.98 Å². The topological polar surface area (TPSA) is 84.9 Å². The first-order valence-electron chi connectivity index (χ1n) is 3.42. The molecular weight excluding hydrogens is 142 g/mol. The van der Waals surface area contributed by atoms with Gasteiger partial charge in [0.25, 0.3) is 5.91 Å². The summed E-state index contributed by atoms with van der Waals surface area (Å²) in [6.45, 7) is 1.97. The van der Waals surface area contributed by atoms with Crippen molar-refractivity contribution in [1.29, 1.82) is 0 Å². The van der Waals surface area contributed by atoms with Crippen molar-refractivity contribution in [2.24, 2.45) is 5.73 Å². The van der Waals surface area contributed by atoms with Crippen LogP contribution in [0.2, 0.25) is 0 Å². The summed E-state index contributed by atoms with van der Waals surface area (Å²) >= 11 is 0. The third-order valence-electron chi connectivity index (χ3n) is 1.55. The van der Waals surface area contributed by atoms with Gasteiger partial charge >= 0.3 is 0 Å². The molecule has 1 aromatic heterocycles. The van der Waals surface area contributed by atoms with Crippen LogP contribution in [0, 0.1) is 0 Å². The van der Waals surface area contributed by atoms with Crippen LogP contribution in [0.4, 0.5) is 5.82 Å². The minimum absolute atomic E-state index is 0.356. The molecule has 0 saturated carbocycles. The van der Waals surface area contributed by atoms with Gasteiger partial charge in [-0.1, -0.05) is 6.92 Å². The Kier molecular flexibility index (Phi) is 1.85. The highest BCUT2D eigenvalue weighted by Gasteiger charge is 2.08. The van der Waals surface area contributed by atoms with Gasteiger partial charge in [-0.25, -0.2) is 0 Å². The zero-order chi connectivity index (χ0) is 8.43. The number of amides is 1. The summed E-state index contributed by atoms with van der Waals surface area (Å²) in [5.41, 5.74) is 11.8. The largest absolute Gasteiger partial charge is 0.385 e. The normalized spacial score (nSPS) is 9.91. The Morgan fingerprint density at radius 1 is 1.73 bits per heavy atom. The van der Waals surface area contributed by atoms with Gasteiger partial charge in [-0.2, -0.15) is 0 Å². The molecule has 1 amide bonds. The number of hydrogen-bond donors (Lipinski definition) is 3. The van der Waals surface area contributed by atoms with Crippen LogP contribution in [0.1, 0.15) is 23.0 Å². The van der Waals surface area contributed by atoms with Gasteiger partial charge in [0.1, 0.15) is 5.82 Å². The molecule has 0 aliphatic rings. The van der Waals surface area contributed by atoms with Gasteiger partial charge in [0.15, 0.2) is 0 Å². The first-order chi connectivity index (χ1) is 5.15. The number of nitrogen functional groups attached to an aromatic ring is 1. The van der Waals surface area contributed by atoms with Crippen LogP contribution >= 0.6 is 0 Å². The van der Waals surface area contributed by atoms with Gasteiger partial charge in [0.2, 0.25) is 0 Å². The Morgan fingerprint density at radius 3 is 2.64 bits per heavy atom. The highest BCUT2D eigenvalue weighted by atomic mass is 16.1. The predicted molar refractivity (Wildman–Crippen MR) is 43.1 cm³/mol. The number of hydrogen-bond acceptors (Lipinski definition) is 2. The van der Waals surface area contributed by atoms with Crippen molar-refractivity contribution < 1.29 is 4.79 Å². The predicted octanol–water partition coefficient (Wildman–Crippen LogP) is 0.258. The first kappa shape index (κ1) is 7.65. The van der Waals surface area contributed by atoms with Crippen LogP contribution in [0.25, 0.3) is 0 Å². The van der Waals surface area contributed by atoms with Gasteiger partial charge in [-0.3, -0.25) is 4.79 Å². The van der Waals surface area contributed by atoms with Crippen LogP contribution in [-0.4, -0.2) is 10.9 Å². The monoisotopic (exact) mass is 153 g/mol. The van der Waals surface area contributed by atoms with Crippen molar-refractivity contribution >= 4 is 11.7 Å². The van der Waals surface area contributed by atoms with E-state index in [0.29, 0.717) is 11.4 Å². The van der Waals surface area contributed by atoms with E-state index in [1.807, 2.05) is 6.92 Å². The fourth-order valence-electron chi connectivity index (χ4n) is 0.923. The lowest BCUT2D eigenvalue weighted by Crippen LogP contribution is -2.11. The second-order valence-corrected chi connectivity index (χ2v) is 2.34. The maximum atomic E-state index is 10.7. The van der Waals surface area contributed by atoms with E-state index in [9.17, 15) is 4.79 Å². The number of nitrogens with two attached hydrogens (primary N) is 2. The zero-order valence-electron chi connectivity index (χ0n) is 6.35. The van der Waals surface area contributed by atoms with Crippen LogP contribution in [0.15, 0.2) is 6.07 Å². The Morgan fingerprint density at radius 2 is 2.36 bits per heavy atom. The fourth-order valence-corrected chi connectivity index (χ4v) is 0.923. The summed E-state index contributed by atoms with van der Waals surface area (Å²) in [6.07, 6.45) is 0.817. The lowest BCUT2D eigenvalue weighted by Gasteiger charge is -1.88. The Balaban J connectivity index is 3.07. The molecule has 0 atom stereocenters. The minimum atomic E-state index is -0.488. The molecule has 60 valence electrons. The third kappa shape index (κ3) is 1.34. The summed E-state index contributed by atoms with van der Waals surface area (Å²) in [5.74, 6) is -0.132. The van der Waals surface area contributed by atoms with Gasteiger partial charge in [-0.05, 0) is 12.5 Å². The van der Waals surface area contributed by atoms with Crippen molar-refractivity contribution in [2.45, 2.75) is 13.3 Å². The van der Waals surface area contributed by atoms with Crippen molar-refractivity contribution in [3.8, 4) is 0 Å². The van der Waals surface area contributed by atoms with Gasteiger partial charge < -0.3 is 16.5 Å². The smallest absolute Gasteiger partial charge is 0.252 e. The lowest BCUT2D eigenvalue weighted by atomic mass is 10.2. The summed E-state index contributed by atoms with van der Waals surface area (Å²) in [6, 6.07) is 1.68. The summed E-state index contributed by atoms with van der Waals surface area (Å²) in [5, 5.41) is 0. The minimum Gasteiger partial charge on any atom is -0.385 e. The number of H-pyrrole nitrogens is 1. The molecule has 4 nitrogen and oxygen atoms in total. The van der Waals surface area contributed by atoms with Crippen molar-refractivity contribution in [3.05, 3.63) is 17.3 Å². The molecule has 0 saturated heterocycles. The van der Waals surface area contributed by atoms with E-state index < -0.39 is 5.91 Å². The fraction of sp³-hybridized carbons (Fsp3) is 0.286. The van der Waals surface area contributed by atoms with E-state index in [4.69, 9.17) is 11.5 Å². The van der Waals surface area contributed by atoms with Crippen molar-refractivity contribution in [2.75, 3.05) is 5.73 Å². The van der Waals surface area contributed by atoms with Crippen LogP contribution in [0.5, 0.6) is 0 Å². The molecule has 0 unspecified atom stereocenters. The maximum Gasteiger partial charge on any atom is 0.252 e. The molecule has 1 aromatic rings. The number of carbonyl (C=O) groups excluding carboxylic acids is 1. The average Bonchev–Trinajstić information content (AvgIpc) is 2.30. The Hall–Kier alpha value is -1.45. The van der Waals surface area contributed by atoms with E-state index in [2.05, 4.69) is 4.98 Å². The lowest BCUT2D eigenvalue weighted by molar-refractivity contribution is 0.100. The third-order valence-corrected chi connectivity index (χ3v) is 1.55. The zero-order valence-corrected chi connectivity index (χ0v) is 6.35. The van der Waals surface area contributed by atoms with E-state index in [1.54, 1.807) is 6.07 Å². The second kappa shape index (κ2) is 2.65. The van der Waals surface area contributed by atoms with E-state index in [-0.39, 0.29) is 0 Å². The van der Waals surface area contributed by atoms with Crippen LogP contribution in [-0.2, 0) is 6.42 Å². The molecule has 5 N–H and O–H groups in total. The number of rotatable bonds is 2. The molecule has 0 radical (unpaired) electrons. The molecule has 1 heterocycles. The SMILES string of the molecule is CCc1cc(C(N)=O)c(N)[nH]1. The molecule has 0 aliphatic carbocycles. The summed E-state index contributed by atoms with van der Waals surface area (Å²) < 4.78 is 0. The number of anilines is 1. The Labute approximate surface area is 64.6 Å². The molecular formula is C7H11N3O. The highest BCUT2D eigenvalue weighted by molar-refractivity contribution is 5.97. The van der Waals surface area contributed by atoms with E-state index >= 15 is 0 Å². The number of primary amides is 1. The van der Waals surface area contributed by atoms with Gasteiger partial charge in [0.05, 0.1) is 5.56 Å². The van der Waals surface area contributed by atoms with Crippen LogP contribution < -0.4 is 11.5 Å². The first-order valence-corrected chi connectivity index (χ1v) is 3.42. The number of aromatic nitrogens is 1.